The summed E-state index contributed by atoms with van der Waals surface area (Å²) in [5.74, 6) is 1.19. The van der Waals surface area contributed by atoms with Crippen molar-refractivity contribution in [2.24, 2.45) is 35.3 Å². The molecule has 3 aliphatic rings. The third-order valence-electron chi connectivity index (χ3n) is 10.3. The fourth-order valence-corrected chi connectivity index (χ4v) is 6.57. The molecule has 0 bridgehead atoms. The van der Waals surface area contributed by atoms with Gasteiger partial charge in [0.15, 0.2) is 12.6 Å². The lowest BCUT2D eigenvalue weighted by Gasteiger charge is -2.50. The van der Waals surface area contributed by atoms with Crippen LogP contribution >= 0.6 is 0 Å². The van der Waals surface area contributed by atoms with Crippen molar-refractivity contribution < 1.29 is 33.6 Å². The maximum Gasteiger partial charge on any atom is 0.223 e. The minimum absolute atomic E-state index is 0.0111. The lowest BCUT2D eigenvalue weighted by atomic mass is 9.78. The van der Waals surface area contributed by atoms with E-state index in [9.17, 15) is 9.90 Å². The molecule has 0 aromatic heterocycles. The van der Waals surface area contributed by atoms with Crippen LogP contribution in [-0.2, 0) is 28.5 Å². The summed E-state index contributed by atoms with van der Waals surface area (Å²) in [5.41, 5.74) is 6.38. The number of amides is 1. The van der Waals surface area contributed by atoms with Crippen molar-refractivity contribution in [1.82, 2.24) is 10.6 Å². The molecular formula is C31H59N3O7. The highest BCUT2D eigenvalue weighted by molar-refractivity contribution is 5.76. The molecule has 3 rings (SSSR count). The third kappa shape index (κ3) is 7.81. The lowest BCUT2D eigenvalue weighted by molar-refractivity contribution is -0.341. The van der Waals surface area contributed by atoms with Gasteiger partial charge in [0.1, 0.15) is 18.4 Å². The van der Waals surface area contributed by atoms with Crippen molar-refractivity contribution in [3.05, 3.63) is 0 Å². The van der Waals surface area contributed by atoms with Crippen molar-refractivity contribution in [2.75, 3.05) is 7.05 Å². The number of nitrogens with two attached hydrogens (primary N) is 1. The van der Waals surface area contributed by atoms with Gasteiger partial charge in [-0.2, -0.15) is 0 Å². The van der Waals surface area contributed by atoms with E-state index in [2.05, 4.69) is 59.1 Å². The first-order chi connectivity index (χ1) is 19.4. The molecule has 3 heterocycles. The maximum atomic E-state index is 12.5. The van der Waals surface area contributed by atoms with E-state index in [4.69, 9.17) is 29.4 Å². The van der Waals surface area contributed by atoms with E-state index in [1.54, 1.807) is 7.05 Å². The first-order valence-corrected chi connectivity index (χ1v) is 16.1. The normalized spacial score (nSPS) is 46.2. The van der Waals surface area contributed by atoms with Gasteiger partial charge in [0.25, 0.3) is 0 Å². The zero-order chi connectivity index (χ0) is 30.6. The molecule has 0 saturated carbocycles. The molecule has 0 aliphatic carbocycles. The summed E-state index contributed by atoms with van der Waals surface area (Å²) < 4.78 is 32.5. The Morgan fingerprint density at radius 1 is 0.805 bits per heavy atom. The average Bonchev–Trinajstić information content (AvgIpc) is 2.95. The van der Waals surface area contributed by atoms with E-state index in [0.717, 1.165) is 12.8 Å². The lowest BCUT2D eigenvalue weighted by Crippen LogP contribution is -2.67. The van der Waals surface area contributed by atoms with Crippen LogP contribution in [0.2, 0.25) is 0 Å². The Labute approximate surface area is 248 Å². The Balaban J connectivity index is 1.68. The number of hydrogen-bond acceptors (Lipinski definition) is 9. The summed E-state index contributed by atoms with van der Waals surface area (Å²) >= 11 is 0. The highest BCUT2D eigenvalue weighted by atomic mass is 16.7. The summed E-state index contributed by atoms with van der Waals surface area (Å²) in [6, 6.07) is -0.830. The molecule has 0 radical (unpaired) electrons. The monoisotopic (exact) mass is 585 g/mol. The number of aliphatic hydroxyl groups excluding tert-OH is 1. The SMILES string of the molecule is CCC1O[C@@H](O[C@H]2C(CC)O[C@@H](O[C@H]3C(CC)O[C@@H](NC(=O)CC(C)NC)C(N)[C@H]3O)C(C)[C@H]2C)C(C)[C@@H](C)[C@H]1C. The minimum atomic E-state index is -1.04. The molecular weight excluding hydrogens is 526 g/mol. The smallest absolute Gasteiger partial charge is 0.223 e. The molecule has 0 aromatic rings. The molecule has 3 aliphatic heterocycles. The highest BCUT2D eigenvalue weighted by Crippen LogP contribution is 2.41. The Morgan fingerprint density at radius 3 is 1.88 bits per heavy atom. The molecule has 240 valence electrons. The first-order valence-electron chi connectivity index (χ1n) is 16.1. The van der Waals surface area contributed by atoms with Crippen molar-refractivity contribution in [3.8, 4) is 0 Å². The Hall–Kier alpha value is -0.850. The topological polar surface area (TPSA) is 134 Å². The minimum Gasteiger partial charge on any atom is -0.388 e. The molecule has 10 nitrogen and oxygen atoms in total. The number of rotatable bonds is 11. The number of carbonyl (C=O) groups is 1. The summed E-state index contributed by atoms with van der Waals surface area (Å²) in [6.07, 6.45) is -1.38. The van der Waals surface area contributed by atoms with Crippen LogP contribution in [0.25, 0.3) is 0 Å². The summed E-state index contributed by atoms with van der Waals surface area (Å²) in [5, 5.41) is 17.1. The predicted molar refractivity (Wildman–Crippen MR) is 158 cm³/mol. The number of aliphatic hydroxyl groups is 1. The van der Waals surface area contributed by atoms with Crippen molar-refractivity contribution >= 4 is 5.91 Å². The molecule has 16 atom stereocenters. The van der Waals surface area contributed by atoms with Gasteiger partial charge in [-0.05, 0) is 51.0 Å². The molecule has 1 amide bonds. The molecule has 7 unspecified atom stereocenters. The predicted octanol–water partition coefficient (Wildman–Crippen LogP) is 3.14. The van der Waals surface area contributed by atoms with E-state index >= 15 is 0 Å². The van der Waals surface area contributed by atoms with E-state index in [1.165, 1.54) is 0 Å². The molecule has 5 N–H and O–H groups in total. The molecule has 10 heteroatoms. The van der Waals surface area contributed by atoms with Crippen LogP contribution in [0.1, 0.15) is 88.0 Å². The standard InChI is InChI=1S/C31H59N3O7/c1-11-21-17(6)16(5)19(8)30(38-21)40-27-18(7)20(9)31(39-22(27)12-2)41-28-23(13-3)37-29(25(32)26(28)36)34-24(35)14-15(4)33-10/h15-23,25-31,33,36H,11-14,32H2,1-10H3,(H,34,35)/t15?,16-,17+,18+,19?,20?,21?,22?,23?,25?,26+,27+,28-,29+,30-,31-/m0/s1. The zero-order valence-electron chi connectivity index (χ0n) is 27.0. The van der Waals surface area contributed by atoms with Crippen molar-refractivity contribution in [2.45, 2.75) is 156 Å². The van der Waals surface area contributed by atoms with Crippen LogP contribution in [0.15, 0.2) is 0 Å². The van der Waals surface area contributed by atoms with Crippen molar-refractivity contribution in [1.29, 1.82) is 0 Å². The Morgan fingerprint density at radius 2 is 1.32 bits per heavy atom. The van der Waals surface area contributed by atoms with Crippen LogP contribution < -0.4 is 16.4 Å². The molecule has 41 heavy (non-hydrogen) atoms. The largest absolute Gasteiger partial charge is 0.388 e. The van der Waals surface area contributed by atoms with E-state index < -0.39 is 36.9 Å². The molecule has 3 fully saturated rings. The molecule has 3 saturated heterocycles. The quantitative estimate of drug-likeness (QED) is 0.289. The van der Waals surface area contributed by atoms with E-state index in [0.29, 0.717) is 18.3 Å². The van der Waals surface area contributed by atoms with Crippen LogP contribution in [-0.4, -0.2) is 85.6 Å². The van der Waals surface area contributed by atoms with Gasteiger partial charge in [-0.3, -0.25) is 4.79 Å². The highest BCUT2D eigenvalue weighted by Gasteiger charge is 2.50. The van der Waals surface area contributed by atoms with E-state index in [-0.39, 0.29) is 60.7 Å². The third-order valence-corrected chi connectivity index (χ3v) is 10.3. The van der Waals surface area contributed by atoms with Crippen LogP contribution in [0.5, 0.6) is 0 Å². The summed E-state index contributed by atoms with van der Waals surface area (Å²) in [7, 11) is 1.80. The Kier molecular flexibility index (Phi) is 12.9. The van der Waals surface area contributed by atoms with Crippen LogP contribution in [0.3, 0.4) is 0 Å². The number of ether oxygens (including phenoxy) is 5. The van der Waals surface area contributed by atoms with Gasteiger partial charge in [-0.15, -0.1) is 0 Å². The van der Waals surface area contributed by atoms with Gasteiger partial charge in [-0.25, -0.2) is 0 Å². The molecule has 0 aromatic carbocycles. The van der Waals surface area contributed by atoms with Gasteiger partial charge < -0.3 is 45.2 Å². The summed E-state index contributed by atoms with van der Waals surface area (Å²) in [6.45, 7) is 19.2. The number of hydrogen-bond donors (Lipinski definition) is 4. The second-order valence-electron chi connectivity index (χ2n) is 12.9. The van der Waals surface area contributed by atoms with Gasteiger partial charge in [0.2, 0.25) is 5.91 Å². The molecule has 0 spiro atoms. The van der Waals surface area contributed by atoms with Gasteiger partial charge in [0.05, 0.1) is 30.5 Å². The van der Waals surface area contributed by atoms with Gasteiger partial charge in [0, 0.05) is 24.3 Å². The van der Waals surface area contributed by atoms with Gasteiger partial charge in [-0.1, -0.05) is 55.4 Å². The maximum absolute atomic E-state index is 12.5. The van der Waals surface area contributed by atoms with Crippen molar-refractivity contribution in [3.63, 3.8) is 0 Å². The zero-order valence-corrected chi connectivity index (χ0v) is 27.0. The fraction of sp³-hybridized carbons (Fsp3) is 0.968. The summed E-state index contributed by atoms with van der Waals surface area (Å²) in [4.78, 5) is 12.5. The van der Waals surface area contributed by atoms with Gasteiger partial charge >= 0.3 is 0 Å². The fourth-order valence-electron chi connectivity index (χ4n) is 6.57. The average molecular weight is 586 g/mol. The Bertz CT molecular complexity index is 815. The van der Waals surface area contributed by atoms with E-state index in [1.807, 2.05) is 13.8 Å². The number of nitrogens with one attached hydrogen (secondary N) is 2. The number of carbonyl (C=O) groups excluding carboxylic acids is 1. The second kappa shape index (κ2) is 15.2. The van der Waals surface area contributed by atoms with Crippen LogP contribution in [0.4, 0.5) is 0 Å². The second-order valence-corrected chi connectivity index (χ2v) is 12.9. The first kappa shape index (κ1) is 34.6. The van der Waals surface area contributed by atoms with Crippen LogP contribution in [0, 0.1) is 29.6 Å².